The van der Waals surface area contributed by atoms with Crippen molar-refractivity contribution in [2.24, 2.45) is 11.8 Å². The summed E-state index contributed by atoms with van der Waals surface area (Å²) in [6, 6.07) is 8.75. The number of terminal acetylenes is 1. The van der Waals surface area contributed by atoms with Crippen molar-refractivity contribution in [1.82, 2.24) is 5.32 Å². The van der Waals surface area contributed by atoms with Crippen LogP contribution in [0.15, 0.2) is 24.3 Å². The van der Waals surface area contributed by atoms with E-state index in [1.807, 2.05) is 18.2 Å². The molecule has 1 N–H and O–H groups in total. The number of nitrogens with one attached hydrogen (secondary N) is 1. The fourth-order valence-electron chi connectivity index (χ4n) is 3.26. The van der Waals surface area contributed by atoms with Crippen molar-refractivity contribution in [2.75, 3.05) is 6.61 Å². The van der Waals surface area contributed by atoms with Crippen LogP contribution in [-0.4, -0.2) is 12.6 Å². The van der Waals surface area contributed by atoms with Crippen molar-refractivity contribution in [3.05, 3.63) is 29.8 Å². The molecular weight excluding hydrogens is 246 g/mol. The van der Waals surface area contributed by atoms with Gasteiger partial charge in [0.1, 0.15) is 12.4 Å². The van der Waals surface area contributed by atoms with Gasteiger partial charge in [0.25, 0.3) is 0 Å². The van der Waals surface area contributed by atoms with Crippen LogP contribution in [0.4, 0.5) is 0 Å². The summed E-state index contributed by atoms with van der Waals surface area (Å²) < 4.78 is 5.59. The first-order chi connectivity index (χ1) is 9.76. The molecule has 2 nitrogen and oxygen atoms in total. The molecule has 1 saturated carbocycles. The summed E-state index contributed by atoms with van der Waals surface area (Å²) in [6.45, 7) is 5.85. The van der Waals surface area contributed by atoms with Gasteiger partial charge in [0, 0.05) is 18.2 Å². The Morgan fingerprint density at radius 2 is 2.15 bits per heavy atom. The van der Waals surface area contributed by atoms with Crippen LogP contribution >= 0.6 is 0 Å². The first-order valence-corrected chi connectivity index (χ1v) is 7.63. The highest BCUT2D eigenvalue weighted by Gasteiger charge is 2.30. The number of rotatable bonds is 6. The second-order valence-corrected chi connectivity index (χ2v) is 5.69. The Hall–Kier alpha value is -1.46. The predicted octanol–water partition coefficient (Wildman–Crippen LogP) is 3.61. The zero-order chi connectivity index (χ0) is 14.4. The van der Waals surface area contributed by atoms with E-state index in [0.29, 0.717) is 12.6 Å². The van der Waals surface area contributed by atoms with Gasteiger partial charge in [0.2, 0.25) is 0 Å². The number of ether oxygens (including phenoxy) is 1. The van der Waals surface area contributed by atoms with Crippen LogP contribution in [0.1, 0.15) is 38.7 Å². The Morgan fingerprint density at radius 1 is 1.35 bits per heavy atom. The molecular formula is C18H25NO. The molecule has 1 aliphatic rings. The van der Waals surface area contributed by atoms with Crippen LogP contribution in [-0.2, 0) is 6.54 Å². The van der Waals surface area contributed by atoms with Crippen LogP contribution in [0.25, 0.3) is 0 Å². The molecule has 0 aromatic heterocycles. The molecule has 20 heavy (non-hydrogen) atoms. The van der Waals surface area contributed by atoms with Crippen molar-refractivity contribution >= 4 is 0 Å². The highest BCUT2D eigenvalue weighted by molar-refractivity contribution is 5.33. The Bertz CT molecular complexity index is 463. The first-order valence-electron chi connectivity index (χ1n) is 7.63. The maximum atomic E-state index is 5.59. The molecule has 1 aromatic carbocycles. The third kappa shape index (κ3) is 3.55. The number of hydrogen-bond donors (Lipinski definition) is 1. The monoisotopic (exact) mass is 271 g/mol. The van der Waals surface area contributed by atoms with E-state index in [1.54, 1.807) is 0 Å². The zero-order valence-corrected chi connectivity index (χ0v) is 12.6. The van der Waals surface area contributed by atoms with Gasteiger partial charge in [-0.15, -0.1) is 6.42 Å². The van der Waals surface area contributed by atoms with Crippen molar-refractivity contribution in [3.63, 3.8) is 0 Å². The lowest BCUT2D eigenvalue weighted by Crippen LogP contribution is -2.32. The van der Waals surface area contributed by atoms with Gasteiger partial charge < -0.3 is 10.1 Å². The third-order valence-corrected chi connectivity index (χ3v) is 4.59. The molecule has 0 amide bonds. The highest BCUT2D eigenvalue weighted by atomic mass is 16.5. The summed E-state index contributed by atoms with van der Waals surface area (Å²) in [5, 5.41) is 3.70. The predicted molar refractivity (Wildman–Crippen MR) is 83.6 cm³/mol. The minimum absolute atomic E-state index is 0.328. The second kappa shape index (κ2) is 7.36. The molecule has 2 heteroatoms. The van der Waals surface area contributed by atoms with Crippen molar-refractivity contribution < 1.29 is 4.74 Å². The smallest absolute Gasteiger partial charge is 0.148 e. The van der Waals surface area contributed by atoms with E-state index in [-0.39, 0.29) is 0 Å². The van der Waals surface area contributed by atoms with Gasteiger partial charge in [-0.2, -0.15) is 0 Å². The van der Waals surface area contributed by atoms with E-state index in [1.165, 1.54) is 24.8 Å². The minimum Gasteiger partial charge on any atom is -0.481 e. The Kier molecular flexibility index (Phi) is 5.49. The number of benzene rings is 1. The molecule has 0 saturated heterocycles. The molecule has 108 valence electrons. The minimum atomic E-state index is 0.328. The molecule has 1 aromatic rings. The molecule has 2 rings (SSSR count). The van der Waals surface area contributed by atoms with Crippen LogP contribution in [0.2, 0.25) is 0 Å². The van der Waals surface area contributed by atoms with Gasteiger partial charge in [-0.05, 0) is 30.7 Å². The van der Waals surface area contributed by atoms with E-state index in [4.69, 9.17) is 11.2 Å². The van der Waals surface area contributed by atoms with Crippen LogP contribution in [0.5, 0.6) is 5.75 Å². The van der Waals surface area contributed by atoms with E-state index in [0.717, 1.165) is 24.1 Å². The fraction of sp³-hybridized carbons (Fsp3) is 0.556. The van der Waals surface area contributed by atoms with Gasteiger partial charge in [0.15, 0.2) is 0 Å². The summed E-state index contributed by atoms with van der Waals surface area (Å²) in [7, 11) is 0. The Balaban J connectivity index is 1.93. The molecule has 0 heterocycles. The fourth-order valence-corrected chi connectivity index (χ4v) is 3.26. The topological polar surface area (TPSA) is 21.3 Å². The molecule has 0 radical (unpaired) electrons. The molecule has 0 spiro atoms. The summed E-state index contributed by atoms with van der Waals surface area (Å²) in [4.78, 5) is 0. The third-order valence-electron chi connectivity index (χ3n) is 4.59. The van der Waals surface area contributed by atoms with E-state index >= 15 is 0 Å². The lowest BCUT2D eigenvalue weighted by atomic mass is 9.93. The van der Waals surface area contributed by atoms with E-state index in [2.05, 4.69) is 31.2 Å². The second-order valence-electron chi connectivity index (χ2n) is 5.69. The van der Waals surface area contributed by atoms with Crippen LogP contribution in [0, 0.1) is 24.2 Å². The lowest BCUT2D eigenvalue weighted by molar-refractivity contribution is 0.337. The van der Waals surface area contributed by atoms with Crippen molar-refractivity contribution in [1.29, 1.82) is 0 Å². The summed E-state index contributed by atoms with van der Waals surface area (Å²) in [5.74, 6) is 5.06. The van der Waals surface area contributed by atoms with Crippen LogP contribution in [0.3, 0.4) is 0 Å². The summed E-state index contributed by atoms with van der Waals surface area (Å²) in [6.07, 6.45) is 9.19. The Morgan fingerprint density at radius 3 is 2.85 bits per heavy atom. The van der Waals surface area contributed by atoms with Gasteiger partial charge in [-0.1, -0.05) is 44.4 Å². The van der Waals surface area contributed by atoms with Gasteiger partial charge >= 0.3 is 0 Å². The van der Waals surface area contributed by atoms with Crippen LogP contribution < -0.4 is 10.1 Å². The van der Waals surface area contributed by atoms with E-state index < -0.39 is 0 Å². The maximum absolute atomic E-state index is 5.59. The van der Waals surface area contributed by atoms with Gasteiger partial charge in [-0.3, -0.25) is 0 Å². The van der Waals surface area contributed by atoms with Gasteiger partial charge in [-0.25, -0.2) is 0 Å². The molecule has 3 atom stereocenters. The summed E-state index contributed by atoms with van der Waals surface area (Å²) >= 11 is 0. The molecule has 3 unspecified atom stereocenters. The highest BCUT2D eigenvalue weighted by Crippen LogP contribution is 2.34. The maximum Gasteiger partial charge on any atom is 0.148 e. The number of hydrogen-bond acceptors (Lipinski definition) is 2. The Labute approximate surface area is 122 Å². The quantitative estimate of drug-likeness (QED) is 0.798. The first kappa shape index (κ1) is 14.9. The van der Waals surface area contributed by atoms with Crippen molar-refractivity contribution in [2.45, 2.75) is 45.7 Å². The van der Waals surface area contributed by atoms with E-state index in [9.17, 15) is 0 Å². The van der Waals surface area contributed by atoms with Crippen molar-refractivity contribution in [3.8, 4) is 18.1 Å². The molecule has 0 bridgehead atoms. The SMILES string of the molecule is C#CCOc1ccccc1CNC1CCC(CC)C1C. The van der Waals surface area contributed by atoms with Gasteiger partial charge in [0.05, 0.1) is 0 Å². The molecule has 1 fully saturated rings. The average Bonchev–Trinajstić information content (AvgIpc) is 2.84. The lowest BCUT2D eigenvalue weighted by Gasteiger charge is -2.21. The standard InChI is InChI=1S/C18H25NO/c1-4-12-20-18-9-7-6-8-16(18)13-19-17-11-10-15(5-2)14(17)3/h1,6-9,14-15,17,19H,5,10-13H2,2-3H3. The number of para-hydroxylation sites is 1. The largest absolute Gasteiger partial charge is 0.481 e. The summed E-state index contributed by atoms with van der Waals surface area (Å²) in [5.41, 5.74) is 1.19. The zero-order valence-electron chi connectivity index (χ0n) is 12.6. The molecule has 0 aliphatic heterocycles. The normalized spacial score (nSPS) is 25.4. The molecule has 1 aliphatic carbocycles. The average molecular weight is 271 g/mol.